The lowest BCUT2D eigenvalue weighted by Crippen LogP contribution is -2.41. The van der Waals surface area contributed by atoms with Gasteiger partial charge >= 0.3 is 12.0 Å². The normalized spacial score (nSPS) is 19.1. The van der Waals surface area contributed by atoms with Gasteiger partial charge in [0.1, 0.15) is 11.6 Å². The molecule has 27 heavy (non-hydrogen) atoms. The summed E-state index contributed by atoms with van der Waals surface area (Å²) in [5, 5.41) is 14.6. The predicted molar refractivity (Wildman–Crippen MR) is 98.5 cm³/mol. The van der Waals surface area contributed by atoms with Crippen LogP contribution < -0.4 is 15.4 Å². The number of hydrogen-bond acceptors (Lipinski definition) is 3. The average molecular weight is 372 g/mol. The molecule has 3 rings (SSSR count). The fraction of sp³-hybridized carbons (Fsp3) is 0.300. The molecule has 0 radical (unpaired) electrons. The first-order valence-corrected chi connectivity index (χ1v) is 8.84. The number of carboxylic acid groups (broad SMARTS) is 1. The van der Waals surface area contributed by atoms with Crippen molar-refractivity contribution >= 4 is 17.7 Å². The van der Waals surface area contributed by atoms with Gasteiger partial charge in [-0.1, -0.05) is 18.2 Å². The van der Waals surface area contributed by atoms with Gasteiger partial charge in [0.25, 0.3) is 0 Å². The summed E-state index contributed by atoms with van der Waals surface area (Å²) < 4.78 is 19.0. The van der Waals surface area contributed by atoms with Gasteiger partial charge in [0.05, 0.1) is 11.6 Å². The van der Waals surface area contributed by atoms with E-state index in [0.29, 0.717) is 42.9 Å². The number of urea groups is 1. The van der Waals surface area contributed by atoms with E-state index in [-0.39, 0.29) is 18.0 Å². The van der Waals surface area contributed by atoms with Crippen molar-refractivity contribution in [3.8, 4) is 11.5 Å². The molecule has 0 bridgehead atoms. The van der Waals surface area contributed by atoms with Crippen LogP contribution in [0.5, 0.6) is 11.5 Å². The minimum Gasteiger partial charge on any atom is -0.481 e. The molecular weight excluding hydrogens is 351 g/mol. The van der Waals surface area contributed by atoms with Gasteiger partial charge in [-0.05, 0) is 49.9 Å². The lowest BCUT2D eigenvalue weighted by molar-refractivity contribution is -0.142. The van der Waals surface area contributed by atoms with Crippen molar-refractivity contribution in [3.05, 3.63) is 54.3 Å². The van der Waals surface area contributed by atoms with Crippen molar-refractivity contribution in [2.24, 2.45) is 5.92 Å². The Morgan fingerprint density at radius 1 is 1.04 bits per heavy atom. The van der Waals surface area contributed by atoms with Crippen LogP contribution in [-0.2, 0) is 4.79 Å². The van der Waals surface area contributed by atoms with Crippen LogP contribution in [-0.4, -0.2) is 23.1 Å². The van der Waals surface area contributed by atoms with Gasteiger partial charge in [-0.25, -0.2) is 9.18 Å². The minimum absolute atomic E-state index is 0.0584. The Morgan fingerprint density at radius 2 is 1.78 bits per heavy atom. The average Bonchev–Trinajstić information content (AvgIpc) is 2.64. The number of rotatable bonds is 5. The van der Waals surface area contributed by atoms with Gasteiger partial charge in [0.2, 0.25) is 0 Å². The van der Waals surface area contributed by atoms with E-state index in [1.54, 1.807) is 36.4 Å². The third kappa shape index (κ3) is 5.20. The maximum atomic E-state index is 13.3. The number of benzene rings is 2. The van der Waals surface area contributed by atoms with Gasteiger partial charge in [-0.15, -0.1) is 0 Å². The Morgan fingerprint density at radius 3 is 2.48 bits per heavy atom. The van der Waals surface area contributed by atoms with Crippen molar-refractivity contribution in [2.75, 3.05) is 5.32 Å². The number of hydrogen-bond donors (Lipinski definition) is 3. The molecule has 2 aromatic rings. The van der Waals surface area contributed by atoms with Crippen LogP contribution in [0.1, 0.15) is 25.7 Å². The summed E-state index contributed by atoms with van der Waals surface area (Å²) >= 11 is 0. The standard InChI is InChI=1S/C20H21FN2O4/c21-14-4-3-5-16(12-14)27-18-7-2-1-6-17(18)23-20(26)22-15-10-8-13(9-11-15)19(24)25/h1-7,12-13,15H,8-11H2,(H,24,25)(H2,22,23,26). The van der Waals surface area contributed by atoms with Gasteiger partial charge in [0.15, 0.2) is 5.75 Å². The lowest BCUT2D eigenvalue weighted by Gasteiger charge is -2.27. The van der Waals surface area contributed by atoms with E-state index in [9.17, 15) is 14.0 Å². The zero-order valence-electron chi connectivity index (χ0n) is 14.7. The molecule has 0 spiro atoms. The van der Waals surface area contributed by atoms with E-state index in [1.165, 1.54) is 12.1 Å². The summed E-state index contributed by atoms with van der Waals surface area (Å²) in [6.07, 6.45) is 2.37. The van der Waals surface area contributed by atoms with Crippen LogP contribution >= 0.6 is 0 Å². The number of carbonyl (C=O) groups excluding carboxylic acids is 1. The smallest absolute Gasteiger partial charge is 0.319 e. The van der Waals surface area contributed by atoms with Gasteiger partial charge in [-0.2, -0.15) is 0 Å². The third-order valence-electron chi connectivity index (χ3n) is 4.57. The molecule has 0 heterocycles. The van der Waals surface area contributed by atoms with E-state index in [0.717, 1.165) is 0 Å². The highest BCUT2D eigenvalue weighted by atomic mass is 19.1. The van der Waals surface area contributed by atoms with E-state index in [1.807, 2.05) is 0 Å². The molecule has 1 fully saturated rings. The SMILES string of the molecule is O=C(Nc1ccccc1Oc1cccc(F)c1)NC1CCC(C(=O)O)CC1. The second kappa shape index (κ2) is 8.53. The molecule has 7 heteroatoms. The summed E-state index contributed by atoms with van der Waals surface area (Å²) in [5.41, 5.74) is 0.457. The molecule has 1 aliphatic rings. The van der Waals surface area contributed by atoms with Crippen LogP contribution in [0.15, 0.2) is 48.5 Å². The van der Waals surface area contributed by atoms with E-state index < -0.39 is 11.8 Å². The number of anilines is 1. The highest BCUT2D eigenvalue weighted by Crippen LogP contribution is 2.30. The van der Waals surface area contributed by atoms with Crippen molar-refractivity contribution in [1.29, 1.82) is 0 Å². The Hall–Kier alpha value is -3.09. The summed E-state index contributed by atoms with van der Waals surface area (Å²) in [7, 11) is 0. The van der Waals surface area contributed by atoms with Gasteiger partial charge in [0, 0.05) is 12.1 Å². The molecule has 0 atom stereocenters. The summed E-state index contributed by atoms with van der Waals surface area (Å²) in [5.74, 6) is -0.787. The van der Waals surface area contributed by atoms with E-state index >= 15 is 0 Å². The first kappa shape index (κ1) is 18.7. The molecule has 0 saturated heterocycles. The van der Waals surface area contributed by atoms with E-state index in [4.69, 9.17) is 9.84 Å². The highest BCUT2D eigenvalue weighted by molar-refractivity contribution is 5.91. The molecule has 3 N–H and O–H groups in total. The Balaban J connectivity index is 1.59. The van der Waals surface area contributed by atoms with Crippen LogP contribution in [0, 0.1) is 11.7 Å². The van der Waals surface area contributed by atoms with Crippen molar-refractivity contribution < 1.29 is 23.8 Å². The Labute approximate surface area is 156 Å². The van der Waals surface area contributed by atoms with Crippen LogP contribution in [0.4, 0.5) is 14.9 Å². The second-order valence-electron chi connectivity index (χ2n) is 6.54. The minimum atomic E-state index is -0.777. The molecule has 6 nitrogen and oxygen atoms in total. The number of para-hydroxylation sites is 2. The predicted octanol–water partition coefficient (Wildman–Crippen LogP) is 4.38. The molecule has 0 aliphatic heterocycles. The number of nitrogens with one attached hydrogen (secondary N) is 2. The fourth-order valence-electron chi connectivity index (χ4n) is 3.14. The number of carbonyl (C=O) groups is 2. The number of aliphatic carboxylic acids is 1. The first-order valence-electron chi connectivity index (χ1n) is 8.84. The largest absolute Gasteiger partial charge is 0.481 e. The summed E-state index contributed by atoms with van der Waals surface area (Å²) in [6, 6.07) is 12.2. The molecule has 2 amide bonds. The number of halogens is 1. The number of carboxylic acids is 1. The molecule has 1 aliphatic carbocycles. The second-order valence-corrected chi connectivity index (χ2v) is 6.54. The number of ether oxygens (including phenoxy) is 1. The van der Waals surface area contributed by atoms with Gasteiger partial charge in [-0.3, -0.25) is 4.79 Å². The highest BCUT2D eigenvalue weighted by Gasteiger charge is 2.26. The lowest BCUT2D eigenvalue weighted by atomic mass is 9.86. The summed E-state index contributed by atoms with van der Waals surface area (Å²) in [6.45, 7) is 0. The maximum absolute atomic E-state index is 13.3. The van der Waals surface area contributed by atoms with Crippen LogP contribution in [0.2, 0.25) is 0 Å². The molecule has 142 valence electrons. The van der Waals surface area contributed by atoms with Crippen molar-refractivity contribution in [3.63, 3.8) is 0 Å². The topological polar surface area (TPSA) is 87.7 Å². The molecular formula is C20H21FN2O4. The maximum Gasteiger partial charge on any atom is 0.319 e. The molecule has 0 unspecified atom stereocenters. The third-order valence-corrected chi connectivity index (χ3v) is 4.57. The zero-order chi connectivity index (χ0) is 19.2. The number of amides is 2. The monoisotopic (exact) mass is 372 g/mol. The Bertz CT molecular complexity index is 819. The summed E-state index contributed by atoms with van der Waals surface area (Å²) in [4.78, 5) is 23.3. The van der Waals surface area contributed by atoms with Crippen molar-refractivity contribution in [2.45, 2.75) is 31.7 Å². The molecule has 2 aromatic carbocycles. The zero-order valence-corrected chi connectivity index (χ0v) is 14.7. The van der Waals surface area contributed by atoms with E-state index in [2.05, 4.69) is 10.6 Å². The van der Waals surface area contributed by atoms with Crippen molar-refractivity contribution in [1.82, 2.24) is 5.32 Å². The quantitative estimate of drug-likeness (QED) is 0.727. The fourth-order valence-corrected chi connectivity index (χ4v) is 3.14. The molecule has 0 aromatic heterocycles. The molecule has 1 saturated carbocycles. The van der Waals surface area contributed by atoms with Crippen LogP contribution in [0.3, 0.4) is 0 Å². The van der Waals surface area contributed by atoms with Gasteiger partial charge < -0.3 is 20.5 Å². The van der Waals surface area contributed by atoms with Crippen LogP contribution in [0.25, 0.3) is 0 Å². The Kier molecular flexibility index (Phi) is 5.90. The first-order chi connectivity index (χ1) is 13.0.